The Morgan fingerprint density at radius 1 is 1.12 bits per heavy atom. The van der Waals surface area contributed by atoms with E-state index in [1.165, 1.54) is 0 Å². The first kappa shape index (κ1) is 14.6. The summed E-state index contributed by atoms with van der Waals surface area (Å²) >= 11 is 11.7. The van der Waals surface area contributed by atoms with Gasteiger partial charge in [-0.3, -0.25) is 0 Å². The molecule has 0 unspecified atom stereocenters. The summed E-state index contributed by atoms with van der Waals surface area (Å²) in [5.74, 6) is 0.343. The predicted octanol–water partition coefficient (Wildman–Crippen LogP) is 3.23. The SMILES string of the molecule is CCCS(=O)(=O)CCNc1cc(Cl)cc(Cl)c1. The second-order valence-corrected chi connectivity index (χ2v) is 6.91. The van der Waals surface area contributed by atoms with Crippen LogP contribution in [0, 0.1) is 0 Å². The van der Waals surface area contributed by atoms with Crippen molar-refractivity contribution in [3.05, 3.63) is 28.2 Å². The van der Waals surface area contributed by atoms with Crippen molar-refractivity contribution in [2.75, 3.05) is 23.4 Å². The Balaban J connectivity index is 2.51. The Morgan fingerprint density at radius 2 is 1.71 bits per heavy atom. The van der Waals surface area contributed by atoms with Gasteiger partial charge in [0.2, 0.25) is 0 Å². The Hall–Kier alpha value is -0.450. The molecule has 0 saturated carbocycles. The number of halogens is 2. The zero-order valence-corrected chi connectivity index (χ0v) is 11.9. The average Bonchev–Trinajstić information content (AvgIpc) is 2.15. The van der Waals surface area contributed by atoms with E-state index in [4.69, 9.17) is 23.2 Å². The van der Waals surface area contributed by atoms with Crippen molar-refractivity contribution >= 4 is 38.7 Å². The van der Waals surface area contributed by atoms with Gasteiger partial charge in [-0.2, -0.15) is 0 Å². The fraction of sp³-hybridized carbons (Fsp3) is 0.455. The maximum absolute atomic E-state index is 11.5. The van der Waals surface area contributed by atoms with Crippen LogP contribution in [0.5, 0.6) is 0 Å². The number of nitrogens with one attached hydrogen (secondary N) is 1. The fourth-order valence-corrected chi connectivity index (χ4v) is 3.19. The highest BCUT2D eigenvalue weighted by Gasteiger charge is 2.08. The topological polar surface area (TPSA) is 46.2 Å². The van der Waals surface area contributed by atoms with E-state index < -0.39 is 9.84 Å². The number of benzene rings is 1. The van der Waals surface area contributed by atoms with Crippen LogP contribution in [0.4, 0.5) is 5.69 Å². The molecule has 0 aromatic heterocycles. The highest BCUT2D eigenvalue weighted by atomic mass is 35.5. The lowest BCUT2D eigenvalue weighted by Gasteiger charge is -2.07. The normalized spacial score (nSPS) is 11.5. The number of hydrogen-bond donors (Lipinski definition) is 1. The lowest BCUT2D eigenvalue weighted by Crippen LogP contribution is -2.18. The molecule has 0 atom stereocenters. The molecular formula is C11H15Cl2NO2S. The standard InChI is InChI=1S/C11H15Cl2NO2S/c1-2-4-17(15,16)5-3-14-11-7-9(12)6-10(13)8-11/h6-8,14H,2-5H2,1H3. The summed E-state index contributed by atoms with van der Waals surface area (Å²) in [5, 5.41) is 4.04. The van der Waals surface area contributed by atoms with E-state index in [9.17, 15) is 8.42 Å². The second-order valence-electron chi connectivity index (χ2n) is 3.74. The number of rotatable bonds is 6. The molecule has 0 aliphatic heterocycles. The molecule has 0 spiro atoms. The lowest BCUT2D eigenvalue weighted by atomic mass is 10.3. The largest absolute Gasteiger partial charge is 0.384 e. The minimum atomic E-state index is -2.95. The molecule has 17 heavy (non-hydrogen) atoms. The third-order valence-electron chi connectivity index (χ3n) is 2.12. The highest BCUT2D eigenvalue weighted by Crippen LogP contribution is 2.22. The summed E-state index contributed by atoms with van der Waals surface area (Å²) in [6.07, 6.45) is 0.644. The van der Waals surface area contributed by atoms with Crippen molar-refractivity contribution in [2.24, 2.45) is 0 Å². The molecule has 0 fully saturated rings. The molecule has 1 aromatic carbocycles. The molecule has 0 aliphatic carbocycles. The minimum absolute atomic E-state index is 0.116. The third-order valence-corrected chi connectivity index (χ3v) is 4.41. The van der Waals surface area contributed by atoms with E-state index in [0.717, 1.165) is 5.69 Å². The molecule has 0 radical (unpaired) electrons. The lowest BCUT2D eigenvalue weighted by molar-refractivity contribution is 0.595. The van der Waals surface area contributed by atoms with Crippen molar-refractivity contribution < 1.29 is 8.42 Å². The van der Waals surface area contributed by atoms with Crippen molar-refractivity contribution in [2.45, 2.75) is 13.3 Å². The summed E-state index contributed by atoms with van der Waals surface area (Å²) in [6.45, 7) is 2.21. The van der Waals surface area contributed by atoms with Gasteiger partial charge in [0.1, 0.15) is 0 Å². The highest BCUT2D eigenvalue weighted by molar-refractivity contribution is 7.91. The molecule has 0 bridgehead atoms. The van der Waals surface area contributed by atoms with Gasteiger partial charge < -0.3 is 5.32 Å². The minimum Gasteiger partial charge on any atom is -0.384 e. The number of anilines is 1. The van der Waals surface area contributed by atoms with E-state index in [2.05, 4.69) is 5.32 Å². The van der Waals surface area contributed by atoms with Crippen molar-refractivity contribution in [3.63, 3.8) is 0 Å². The molecule has 96 valence electrons. The summed E-state index contributed by atoms with van der Waals surface area (Å²) in [7, 11) is -2.95. The first-order chi connectivity index (χ1) is 7.93. The molecule has 1 rings (SSSR count). The first-order valence-corrected chi connectivity index (χ1v) is 7.91. The second kappa shape index (κ2) is 6.47. The zero-order valence-electron chi connectivity index (χ0n) is 9.54. The van der Waals surface area contributed by atoms with E-state index in [1.807, 2.05) is 6.92 Å². The molecule has 1 N–H and O–H groups in total. The van der Waals surface area contributed by atoms with Crippen molar-refractivity contribution in [1.29, 1.82) is 0 Å². The van der Waals surface area contributed by atoms with E-state index >= 15 is 0 Å². The van der Waals surface area contributed by atoms with E-state index in [1.54, 1.807) is 18.2 Å². The molecule has 0 amide bonds. The summed E-state index contributed by atoms with van der Waals surface area (Å²) in [6, 6.07) is 5.04. The van der Waals surface area contributed by atoms with Gasteiger partial charge >= 0.3 is 0 Å². The van der Waals surface area contributed by atoms with Crippen molar-refractivity contribution in [1.82, 2.24) is 0 Å². The Labute approximate surface area is 112 Å². The van der Waals surface area contributed by atoms with Gasteiger partial charge in [0, 0.05) is 28.0 Å². The molecule has 6 heteroatoms. The fourth-order valence-electron chi connectivity index (χ4n) is 1.42. The zero-order chi connectivity index (χ0) is 12.9. The quantitative estimate of drug-likeness (QED) is 0.876. The smallest absolute Gasteiger partial charge is 0.152 e. The Bertz CT molecular complexity index is 454. The van der Waals surface area contributed by atoms with Crippen LogP contribution in [0.1, 0.15) is 13.3 Å². The van der Waals surface area contributed by atoms with Gasteiger partial charge in [-0.1, -0.05) is 30.1 Å². The average molecular weight is 296 g/mol. The molecule has 0 aliphatic rings. The van der Waals surface area contributed by atoms with Crippen LogP contribution in [-0.4, -0.2) is 26.5 Å². The van der Waals surface area contributed by atoms with Gasteiger partial charge in [-0.25, -0.2) is 8.42 Å². The molecule has 0 saturated heterocycles. The summed E-state index contributed by atoms with van der Waals surface area (Å²) in [4.78, 5) is 0. The van der Waals surface area contributed by atoms with Gasteiger partial charge in [-0.15, -0.1) is 0 Å². The van der Waals surface area contributed by atoms with E-state index in [0.29, 0.717) is 23.0 Å². The Morgan fingerprint density at radius 3 is 2.24 bits per heavy atom. The Kier molecular flexibility index (Phi) is 5.56. The number of hydrogen-bond acceptors (Lipinski definition) is 3. The molecule has 0 heterocycles. The van der Waals surface area contributed by atoms with Crippen LogP contribution in [-0.2, 0) is 9.84 Å². The van der Waals surface area contributed by atoms with Gasteiger partial charge in [0.25, 0.3) is 0 Å². The summed E-state index contributed by atoms with van der Waals surface area (Å²) in [5.41, 5.74) is 0.731. The van der Waals surface area contributed by atoms with Crippen LogP contribution in [0.2, 0.25) is 10.0 Å². The monoisotopic (exact) mass is 295 g/mol. The van der Waals surface area contributed by atoms with Crippen LogP contribution >= 0.6 is 23.2 Å². The molecular weight excluding hydrogens is 281 g/mol. The summed E-state index contributed by atoms with van der Waals surface area (Å²) < 4.78 is 22.9. The van der Waals surface area contributed by atoms with Crippen molar-refractivity contribution in [3.8, 4) is 0 Å². The van der Waals surface area contributed by atoms with Crippen LogP contribution < -0.4 is 5.32 Å². The van der Waals surface area contributed by atoms with Gasteiger partial charge in [0.15, 0.2) is 9.84 Å². The molecule has 1 aromatic rings. The predicted molar refractivity (Wildman–Crippen MR) is 73.9 cm³/mol. The maximum atomic E-state index is 11.5. The van der Waals surface area contributed by atoms with Gasteiger partial charge in [0.05, 0.1) is 5.75 Å². The first-order valence-electron chi connectivity index (χ1n) is 5.33. The van der Waals surface area contributed by atoms with E-state index in [-0.39, 0.29) is 11.5 Å². The van der Waals surface area contributed by atoms with Gasteiger partial charge in [-0.05, 0) is 24.6 Å². The van der Waals surface area contributed by atoms with Crippen LogP contribution in [0.15, 0.2) is 18.2 Å². The van der Waals surface area contributed by atoms with Crippen LogP contribution in [0.25, 0.3) is 0 Å². The molecule has 3 nitrogen and oxygen atoms in total. The number of sulfone groups is 1. The third kappa shape index (κ3) is 5.61. The van der Waals surface area contributed by atoms with Crippen LogP contribution in [0.3, 0.4) is 0 Å². The maximum Gasteiger partial charge on any atom is 0.152 e.